The Balaban J connectivity index is 3.08. The van der Waals surface area contributed by atoms with Crippen LogP contribution in [0.2, 0.25) is 0 Å². The first kappa shape index (κ1) is 13.4. The molecule has 1 aromatic rings. The molecule has 1 rings (SSSR count). The summed E-state index contributed by atoms with van der Waals surface area (Å²) in [5.41, 5.74) is 0.234. The largest absolute Gasteiger partial charge is 0.324 e. The fourth-order valence-corrected chi connectivity index (χ4v) is 1.72. The van der Waals surface area contributed by atoms with Crippen molar-refractivity contribution < 1.29 is 17.6 Å². The van der Waals surface area contributed by atoms with Crippen LogP contribution < -0.4 is 10.0 Å². The Morgan fingerprint density at radius 2 is 2.00 bits per heavy atom. The van der Waals surface area contributed by atoms with Crippen LogP contribution in [0.15, 0.2) is 18.2 Å². The maximum atomic E-state index is 13.0. The van der Waals surface area contributed by atoms with E-state index in [2.05, 4.69) is 10.0 Å². The third kappa shape index (κ3) is 4.39. The van der Waals surface area contributed by atoms with E-state index in [0.717, 1.165) is 18.4 Å². The molecule has 0 heterocycles. The molecule has 0 aliphatic carbocycles. The lowest BCUT2D eigenvalue weighted by Gasteiger charge is -2.11. The highest BCUT2D eigenvalue weighted by atomic mass is 32.2. The van der Waals surface area contributed by atoms with E-state index in [4.69, 9.17) is 0 Å². The molecule has 0 aromatic heterocycles. The normalized spacial score (nSPS) is 11.0. The van der Waals surface area contributed by atoms with Crippen molar-refractivity contribution in [1.82, 2.24) is 0 Å². The van der Waals surface area contributed by atoms with E-state index < -0.39 is 15.8 Å². The number of hydrogen-bond acceptors (Lipinski definition) is 3. The molecule has 0 radical (unpaired) electrons. The van der Waals surface area contributed by atoms with Crippen LogP contribution in [0.5, 0.6) is 0 Å². The van der Waals surface area contributed by atoms with Gasteiger partial charge in [-0.25, -0.2) is 12.8 Å². The molecule has 7 heteroatoms. The highest BCUT2D eigenvalue weighted by Gasteiger charge is 2.10. The Labute approximate surface area is 99.1 Å². The van der Waals surface area contributed by atoms with Gasteiger partial charge in [-0.1, -0.05) is 6.92 Å². The number of amides is 1. The lowest BCUT2D eigenvalue weighted by molar-refractivity contribution is -0.115. The molecule has 0 saturated carbocycles. The summed E-state index contributed by atoms with van der Waals surface area (Å²) in [4.78, 5) is 11.2. The number of halogens is 1. The van der Waals surface area contributed by atoms with Crippen molar-refractivity contribution in [2.45, 2.75) is 13.3 Å². The minimum atomic E-state index is -3.48. The summed E-state index contributed by atoms with van der Waals surface area (Å²) in [5.74, 6) is -0.886. The summed E-state index contributed by atoms with van der Waals surface area (Å²) in [6, 6.07) is 3.41. The van der Waals surface area contributed by atoms with Crippen LogP contribution in [0.4, 0.5) is 15.8 Å². The summed E-state index contributed by atoms with van der Waals surface area (Å²) >= 11 is 0. The molecule has 0 aliphatic rings. The first-order valence-electron chi connectivity index (χ1n) is 4.89. The maximum Gasteiger partial charge on any atom is 0.229 e. The molecule has 2 N–H and O–H groups in total. The molecule has 94 valence electrons. The Hall–Kier alpha value is -1.63. The lowest BCUT2D eigenvalue weighted by Crippen LogP contribution is -2.15. The second-order valence-electron chi connectivity index (χ2n) is 3.47. The van der Waals surface area contributed by atoms with Crippen molar-refractivity contribution in [3.05, 3.63) is 24.0 Å². The second kappa shape index (κ2) is 5.13. The first-order chi connectivity index (χ1) is 7.81. The smallest absolute Gasteiger partial charge is 0.229 e. The van der Waals surface area contributed by atoms with Crippen molar-refractivity contribution in [2.24, 2.45) is 0 Å². The third-order valence-corrected chi connectivity index (χ3v) is 2.46. The fourth-order valence-electron chi connectivity index (χ4n) is 1.15. The molecular weight excluding hydrogens is 247 g/mol. The molecule has 0 unspecified atom stereocenters. The zero-order chi connectivity index (χ0) is 13.1. The zero-order valence-electron chi connectivity index (χ0n) is 9.45. The van der Waals surface area contributed by atoms with E-state index in [0.29, 0.717) is 0 Å². The zero-order valence-corrected chi connectivity index (χ0v) is 10.3. The quantitative estimate of drug-likeness (QED) is 0.862. The third-order valence-electron chi connectivity index (χ3n) is 1.87. The van der Waals surface area contributed by atoms with Crippen LogP contribution in [0.25, 0.3) is 0 Å². The number of nitrogens with one attached hydrogen (secondary N) is 2. The second-order valence-corrected chi connectivity index (χ2v) is 5.21. The van der Waals surface area contributed by atoms with E-state index in [1.807, 2.05) is 0 Å². The average molecular weight is 260 g/mol. The molecule has 1 amide bonds. The molecule has 17 heavy (non-hydrogen) atoms. The van der Waals surface area contributed by atoms with Gasteiger partial charge in [-0.3, -0.25) is 9.52 Å². The SMILES string of the molecule is CCC(=O)Nc1cc(F)ccc1NS(C)(=O)=O. The molecule has 0 bridgehead atoms. The summed E-state index contributed by atoms with van der Waals surface area (Å²) < 4.78 is 37.4. The van der Waals surface area contributed by atoms with Gasteiger partial charge in [0.15, 0.2) is 0 Å². The van der Waals surface area contributed by atoms with Gasteiger partial charge in [0.25, 0.3) is 0 Å². The minimum absolute atomic E-state index is 0.0993. The number of carbonyl (C=O) groups is 1. The van der Waals surface area contributed by atoms with Crippen LogP contribution in [-0.4, -0.2) is 20.6 Å². The summed E-state index contributed by atoms with van der Waals surface area (Å²) in [7, 11) is -3.48. The molecule has 5 nitrogen and oxygen atoms in total. The molecule has 0 aliphatic heterocycles. The number of anilines is 2. The highest BCUT2D eigenvalue weighted by Crippen LogP contribution is 2.23. The van der Waals surface area contributed by atoms with Crippen molar-refractivity contribution >= 4 is 27.3 Å². The summed E-state index contributed by atoms with van der Waals surface area (Å²) in [6.45, 7) is 1.64. The monoisotopic (exact) mass is 260 g/mol. The topological polar surface area (TPSA) is 75.3 Å². The van der Waals surface area contributed by atoms with Gasteiger partial charge in [0.1, 0.15) is 5.82 Å². The predicted molar refractivity (Wildman–Crippen MR) is 63.8 cm³/mol. The number of benzene rings is 1. The van der Waals surface area contributed by atoms with Crippen LogP contribution in [0.3, 0.4) is 0 Å². The van der Waals surface area contributed by atoms with Crippen molar-refractivity contribution in [3.8, 4) is 0 Å². The average Bonchev–Trinajstić information content (AvgIpc) is 2.20. The van der Waals surface area contributed by atoms with E-state index in [1.165, 1.54) is 6.07 Å². The summed E-state index contributed by atoms with van der Waals surface area (Å²) in [6.07, 6.45) is 1.19. The molecule has 0 saturated heterocycles. The number of carbonyl (C=O) groups excluding carboxylic acids is 1. The van der Waals surface area contributed by atoms with Crippen molar-refractivity contribution in [3.63, 3.8) is 0 Å². The van der Waals surface area contributed by atoms with Crippen molar-refractivity contribution in [2.75, 3.05) is 16.3 Å². The van der Waals surface area contributed by atoms with E-state index in [-0.39, 0.29) is 23.7 Å². The fraction of sp³-hybridized carbons (Fsp3) is 0.300. The minimum Gasteiger partial charge on any atom is -0.324 e. The van der Waals surface area contributed by atoms with Gasteiger partial charge in [0.05, 0.1) is 17.6 Å². The van der Waals surface area contributed by atoms with E-state index >= 15 is 0 Å². The lowest BCUT2D eigenvalue weighted by atomic mass is 10.2. The molecule has 0 spiro atoms. The van der Waals surface area contributed by atoms with Crippen LogP contribution in [0, 0.1) is 5.82 Å². The van der Waals surface area contributed by atoms with Gasteiger partial charge in [-0.05, 0) is 18.2 Å². The molecule has 0 atom stereocenters. The Morgan fingerprint density at radius 3 is 2.53 bits per heavy atom. The Bertz CT molecular complexity index is 528. The number of sulfonamides is 1. The highest BCUT2D eigenvalue weighted by molar-refractivity contribution is 7.92. The van der Waals surface area contributed by atoms with Gasteiger partial charge >= 0.3 is 0 Å². The molecular formula is C10H13FN2O3S. The van der Waals surface area contributed by atoms with E-state index in [9.17, 15) is 17.6 Å². The van der Waals surface area contributed by atoms with Crippen LogP contribution in [-0.2, 0) is 14.8 Å². The van der Waals surface area contributed by atoms with Crippen LogP contribution in [0.1, 0.15) is 13.3 Å². The molecule has 0 fully saturated rings. The van der Waals surface area contributed by atoms with Gasteiger partial charge in [0, 0.05) is 6.42 Å². The standard InChI is InChI=1S/C10H13FN2O3S/c1-3-10(14)12-9-6-7(11)4-5-8(9)13-17(2,15)16/h4-6,13H,3H2,1-2H3,(H,12,14). The van der Waals surface area contributed by atoms with Gasteiger partial charge in [0.2, 0.25) is 15.9 Å². The predicted octanol–water partition coefficient (Wildman–Crippen LogP) is 1.55. The number of rotatable bonds is 4. The maximum absolute atomic E-state index is 13.0. The van der Waals surface area contributed by atoms with Crippen LogP contribution >= 0.6 is 0 Å². The van der Waals surface area contributed by atoms with Gasteiger partial charge in [-0.2, -0.15) is 0 Å². The molecule has 1 aromatic carbocycles. The Morgan fingerprint density at radius 1 is 1.35 bits per heavy atom. The number of hydrogen-bond donors (Lipinski definition) is 2. The van der Waals surface area contributed by atoms with Gasteiger partial charge in [-0.15, -0.1) is 0 Å². The van der Waals surface area contributed by atoms with Crippen molar-refractivity contribution in [1.29, 1.82) is 0 Å². The Kier molecular flexibility index (Phi) is 4.06. The van der Waals surface area contributed by atoms with Gasteiger partial charge < -0.3 is 5.32 Å². The van der Waals surface area contributed by atoms with E-state index in [1.54, 1.807) is 6.92 Å². The summed E-state index contributed by atoms with van der Waals surface area (Å²) in [5, 5.41) is 2.42. The first-order valence-corrected chi connectivity index (χ1v) is 6.78.